The summed E-state index contributed by atoms with van der Waals surface area (Å²) in [5, 5.41) is 5.79. The molecule has 0 fully saturated rings. The molecule has 1 aliphatic carbocycles. The number of nitrogens with zero attached hydrogens (tertiary/aromatic N) is 1. The molecule has 21 heavy (non-hydrogen) atoms. The van der Waals surface area contributed by atoms with Crippen LogP contribution in [-0.4, -0.2) is 24.5 Å². The lowest BCUT2D eigenvalue weighted by atomic mass is 10.1. The van der Waals surface area contributed by atoms with Gasteiger partial charge in [0.15, 0.2) is 5.96 Å². The molecule has 0 radical (unpaired) electrons. The highest BCUT2D eigenvalue weighted by Crippen LogP contribution is 2.24. The van der Waals surface area contributed by atoms with Crippen LogP contribution < -0.4 is 16.4 Å². The minimum atomic E-state index is -0.126. The monoisotopic (exact) mass is 402 g/mol. The van der Waals surface area contributed by atoms with Crippen LogP contribution in [-0.2, 0) is 17.6 Å². The smallest absolute Gasteiger partial charge is 0.242 e. The number of halogens is 1. The predicted octanol–water partition coefficient (Wildman–Crippen LogP) is 2.04. The van der Waals surface area contributed by atoms with Gasteiger partial charge in [-0.2, -0.15) is 0 Å². The zero-order valence-electron chi connectivity index (χ0n) is 12.5. The van der Waals surface area contributed by atoms with E-state index in [-0.39, 0.29) is 48.4 Å². The number of benzene rings is 1. The zero-order chi connectivity index (χ0) is 14.5. The first-order chi connectivity index (χ1) is 9.54. The maximum Gasteiger partial charge on any atom is 0.242 e. The minimum Gasteiger partial charge on any atom is -0.370 e. The summed E-state index contributed by atoms with van der Waals surface area (Å²) < 4.78 is 0. The summed E-state index contributed by atoms with van der Waals surface area (Å²) in [6.45, 7) is 3.86. The second-order valence-electron chi connectivity index (χ2n) is 5.39. The van der Waals surface area contributed by atoms with Crippen molar-refractivity contribution in [1.29, 1.82) is 0 Å². The number of anilines is 1. The van der Waals surface area contributed by atoms with Crippen molar-refractivity contribution in [1.82, 2.24) is 5.32 Å². The Balaban J connectivity index is 0.00000220. The summed E-state index contributed by atoms with van der Waals surface area (Å²) in [4.78, 5) is 15.5. The molecule has 1 amide bonds. The summed E-state index contributed by atoms with van der Waals surface area (Å²) in [5.41, 5.74) is 9.51. The lowest BCUT2D eigenvalue weighted by Gasteiger charge is -2.09. The fraction of sp³-hybridized carbons (Fsp3) is 0.467. The highest BCUT2D eigenvalue weighted by molar-refractivity contribution is 14.0. The molecule has 116 valence electrons. The molecule has 1 aromatic carbocycles. The highest BCUT2D eigenvalue weighted by Gasteiger charge is 2.11. The summed E-state index contributed by atoms with van der Waals surface area (Å²) in [6, 6.07) is 6.35. The Hall–Kier alpha value is -1.31. The van der Waals surface area contributed by atoms with Crippen molar-refractivity contribution < 1.29 is 4.79 Å². The first kappa shape index (κ1) is 17.7. The van der Waals surface area contributed by atoms with Gasteiger partial charge in [-0.25, -0.2) is 4.99 Å². The number of guanidine groups is 1. The number of aryl methyl sites for hydroxylation is 2. The Morgan fingerprint density at radius 2 is 2.05 bits per heavy atom. The molecule has 0 aliphatic heterocycles. The van der Waals surface area contributed by atoms with Gasteiger partial charge in [0.1, 0.15) is 6.54 Å². The largest absolute Gasteiger partial charge is 0.370 e. The van der Waals surface area contributed by atoms with Gasteiger partial charge in [-0.15, -0.1) is 24.0 Å². The number of nitrogens with two attached hydrogens (primary N) is 1. The van der Waals surface area contributed by atoms with Crippen molar-refractivity contribution in [2.24, 2.45) is 10.7 Å². The average Bonchev–Trinajstić information content (AvgIpc) is 2.83. The van der Waals surface area contributed by atoms with Gasteiger partial charge in [-0.05, 0) is 56.4 Å². The van der Waals surface area contributed by atoms with Gasteiger partial charge in [0.05, 0.1) is 0 Å². The number of carbonyl (C=O) groups excluding carboxylic acids is 1. The fourth-order valence-corrected chi connectivity index (χ4v) is 2.36. The summed E-state index contributed by atoms with van der Waals surface area (Å²) in [5.74, 6) is 0.139. The molecule has 4 N–H and O–H groups in total. The van der Waals surface area contributed by atoms with Gasteiger partial charge in [-0.3, -0.25) is 4.79 Å². The highest BCUT2D eigenvalue weighted by atomic mass is 127. The van der Waals surface area contributed by atoms with Crippen LogP contribution in [0.4, 0.5) is 5.69 Å². The number of carbonyl (C=O) groups is 1. The Morgan fingerprint density at radius 3 is 2.76 bits per heavy atom. The Kier molecular flexibility index (Phi) is 6.94. The van der Waals surface area contributed by atoms with E-state index in [0.717, 1.165) is 18.5 Å². The van der Waals surface area contributed by atoms with Gasteiger partial charge in [-0.1, -0.05) is 6.07 Å². The summed E-state index contributed by atoms with van der Waals surface area (Å²) >= 11 is 0. The van der Waals surface area contributed by atoms with Crippen molar-refractivity contribution in [3.63, 3.8) is 0 Å². The maximum atomic E-state index is 11.5. The molecule has 0 aromatic heterocycles. The van der Waals surface area contributed by atoms with Crippen molar-refractivity contribution in [2.75, 3.05) is 11.9 Å². The van der Waals surface area contributed by atoms with Crippen LogP contribution in [0.5, 0.6) is 0 Å². The Morgan fingerprint density at radius 1 is 1.33 bits per heavy atom. The molecule has 0 atom stereocenters. The maximum absolute atomic E-state index is 11.5. The van der Waals surface area contributed by atoms with Crippen LogP contribution in [0.25, 0.3) is 0 Å². The van der Waals surface area contributed by atoms with Crippen molar-refractivity contribution in [3.05, 3.63) is 29.3 Å². The first-order valence-corrected chi connectivity index (χ1v) is 7.02. The molecule has 0 spiro atoms. The lowest BCUT2D eigenvalue weighted by molar-refractivity contribution is -0.120. The molecule has 2 rings (SSSR count). The van der Waals surface area contributed by atoms with Crippen LogP contribution >= 0.6 is 24.0 Å². The summed E-state index contributed by atoms with van der Waals surface area (Å²) in [6.07, 6.45) is 3.50. The van der Waals surface area contributed by atoms with E-state index in [9.17, 15) is 4.79 Å². The number of nitrogens with one attached hydrogen (secondary N) is 2. The van der Waals surface area contributed by atoms with Gasteiger partial charge in [0.25, 0.3) is 0 Å². The fourth-order valence-electron chi connectivity index (χ4n) is 2.36. The molecule has 0 unspecified atom stereocenters. The van der Waals surface area contributed by atoms with Crippen LogP contribution in [0.2, 0.25) is 0 Å². The second kappa shape index (κ2) is 8.21. The molecular weight excluding hydrogens is 379 g/mol. The number of hydrogen-bond acceptors (Lipinski definition) is 2. The number of aliphatic imine (C=N–C) groups is 1. The number of hydrogen-bond donors (Lipinski definition) is 3. The molecule has 1 aromatic rings. The molecule has 1 aliphatic rings. The third kappa shape index (κ3) is 5.53. The van der Waals surface area contributed by atoms with Gasteiger partial charge < -0.3 is 16.4 Å². The topological polar surface area (TPSA) is 79.5 Å². The van der Waals surface area contributed by atoms with E-state index < -0.39 is 0 Å². The molecule has 0 heterocycles. The van der Waals surface area contributed by atoms with E-state index in [1.807, 2.05) is 19.9 Å². The minimum absolute atomic E-state index is 0. The van der Waals surface area contributed by atoms with E-state index in [2.05, 4.69) is 27.8 Å². The van der Waals surface area contributed by atoms with Crippen LogP contribution in [0.1, 0.15) is 31.4 Å². The van der Waals surface area contributed by atoms with Crippen molar-refractivity contribution in [3.8, 4) is 0 Å². The molecule has 0 saturated heterocycles. The van der Waals surface area contributed by atoms with Crippen LogP contribution in [0, 0.1) is 0 Å². The normalized spacial score (nSPS) is 13.6. The molecule has 5 nitrogen and oxygen atoms in total. The quantitative estimate of drug-likeness (QED) is 0.410. The van der Waals surface area contributed by atoms with E-state index in [0.29, 0.717) is 0 Å². The number of fused-ring (bicyclic) bond motifs is 1. The number of rotatable bonds is 4. The lowest BCUT2D eigenvalue weighted by Crippen LogP contribution is -2.33. The average molecular weight is 402 g/mol. The molecule has 6 heteroatoms. The zero-order valence-corrected chi connectivity index (χ0v) is 14.8. The van der Waals surface area contributed by atoms with Gasteiger partial charge in [0.2, 0.25) is 5.91 Å². The van der Waals surface area contributed by atoms with Gasteiger partial charge >= 0.3 is 0 Å². The van der Waals surface area contributed by atoms with E-state index in [1.165, 1.54) is 17.5 Å². The first-order valence-electron chi connectivity index (χ1n) is 7.02. The Bertz CT molecular complexity index is 528. The molecular formula is C15H23IN4O. The van der Waals surface area contributed by atoms with E-state index in [1.54, 1.807) is 0 Å². The third-order valence-electron chi connectivity index (χ3n) is 3.21. The molecule has 0 bridgehead atoms. The number of amides is 1. The van der Waals surface area contributed by atoms with E-state index >= 15 is 0 Å². The SMILES string of the molecule is CC(C)NC(=O)CN=C(N)Nc1ccc2c(c1)CCC2.I. The predicted molar refractivity (Wildman–Crippen MR) is 97.3 cm³/mol. The van der Waals surface area contributed by atoms with Crippen LogP contribution in [0.3, 0.4) is 0 Å². The summed E-state index contributed by atoms with van der Waals surface area (Å²) in [7, 11) is 0. The van der Waals surface area contributed by atoms with Crippen molar-refractivity contribution in [2.45, 2.75) is 39.2 Å². The molecule has 0 saturated carbocycles. The van der Waals surface area contributed by atoms with Crippen molar-refractivity contribution >= 4 is 41.5 Å². The second-order valence-corrected chi connectivity index (χ2v) is 5.39. The standard InChI is InChI=1S/C15H22N4O.HI/c1-10(2)18-14(20)9-17-15(16)19-13-7-6-11-4-3-5-12(11)8-13;/h6-8,10H,3-5,9H2,1-2H3,(H,18,20)(H3,16,17,19);1H. The van der Waals surface area contributed by atoms with E-state index in [4.69, 9.17) is 5.73 Å². The Labute approximate surface area is 142 Å². The third-order valence-corrected chi connectivity index (χ3v) is 3.21. The van der Waals surface area contributed by atoms with Gasteiger partial charge in [0, 0.05) is 11.7 Å². The van der Waals surface area contributed by atoms with Crippen LogP contribution in [0.15, 0.2) is 23.2 Å².